The molecule has 4 atom stereocenters. The molecule has 0 aromatic heterocycles. The van der Waals surface area contributed by atoms with Crippen molar-refractivity contribution in [2.75, 3.05) is 19.8 Å². The third-order valence-electron chi connectivity index (χ3n) is 7.44. The fourth-order valence-corrected chi connectivity index (χ4v) is 4.95. The van der Waals surface area contributed by atoms with Gasteiger partial charge in [0.05, 0.1) is 19.3 Å². The average molecular weight is 541 g/mol. The van der Waals surface area contributed by atoms with Gasteiger partial charge in [-0.3, -0.25) is 4.79 Å². The van der Waals surface area contributed by atoms with Crippen molar-refractivity contribution in [1.82, 2.24) is 0 Å². The van der Waals surface area contributed by atoms with Gasteiger partial charge in [0.2, 0.25) is 0 Å². The zero-order valence-electron chi connectivity index (χ0n) is 25.4. The number of aliphatic hydroxyl groups is 1. The second-order valence-electron chi connectivity index (χ2n) is 11.9. The summed E-state index contributed by atoms with van der Waals surface area (Å²) < 4.78 is 17.4. The predicted molar refractivity (Wildman–Crippen MR) is 160 cm³/mol. The Kier molecular flexibility index (Phi) is 13.9. The number of aliphatic hydroxyl groups excluding tert-OH is 1. The number of ether oxygens (including phenoxy) is 3. The van der Waals surface area contributed by atoms with Crippen LogP contribution in [0.1, 0.15) is 98.1 Å². The molecule has 0 radical (unpaired) electrons. The van der Waals surface area contributed by atoms with Gasteiger partial charge in [-0.1, -0.05) is 79.2 Å². The fraction of sp³-hybridized carbons (Fsp3) is 0.618. The van der Waals surface area contributed by atoms with Crippen molar-refractivity contribution in [2.45, 2.75) is 98.5 Å². The molecule has 2 rings (SSSR count). The van der Waals surface area contributed by atoms with Gasteiger partial charge in [0.25, 0.3) is 0 Å². The van der Waals surface area contributed by atoms with Crippen LogP contribution in [-0.4, -0.2) is 37.0 Å². The topological polar surface area (TPSA) is 65.0 Å². The number of carbonyl (C=O) groups excluding carboxylic acids is 1. The van der Waals surface area contributed by atoms with Gasteiger partial charge in [0.1, 0.15) is 18.1 Å². The van der Waals surface area contributed by atoms with E-state index in [1.54, 1.807) is 0 Å². The number of carbonyl (C=O) groups is 1. The Hall–Kier alpha value is -2.53. The molecular formula is C34H52O5. The largest absolute Gasteiger partial charge is 0.493 e. The van der Waals surface area contributed by atoms with Crippen LogP contribution < -0.4 is 9.47 Å². The predicted octanol–water partition coefficient (Wildman–Crippen LogP) is 7.96. The third-order valence-corrected chi connectivity index (χ3v) is 7.44. The van der Waals surface area contributed by atoms with E-state index >= 15 is 0 Å². The van der Waals surface area contributed by atoms with Gasteiger partial charge in [-0.05, 0) is 78.8 Å². The minimum absolute atomic E-state index is 0.0375. The molecule has 0 saturated heterocycles. The van der Waals surface area contributed by atoms with Gasteiger partial charge in [-0.2, -0.15) is 0 Å². The highest BCUT2D eigenvalue weighted by molar-refractivity contribution is 5.69. The Labute approximate surface area is 237 Å². The Morgan fingerprint density at radius 3 is 1.79 bits per heavy atom. The number of benzene rings is 2. The molecule has 2 aromatic rings. The molecule has 0 amide bonds. The molecule has 0 heterocycles. The van der Waals surface area contributed by atoms with E-state index in [4.69, 9.17) is 14.2 Å². The molecule has 4 unspecified atom stereocenters. The van der Waals surface area contributed by atoms with Crippen LogP contribution in [0.2, 0.25) is 0 Å². The summed E-state index contributed by atoms with van der Waals surface area (Å²) in [4.78, 5) is 12.5. The molecule has 39 heavy (non-hydrogen) atoms. The molecule has 2 aromatic carbocycles. The zero-order valence-corrected chi connectivity index (χ0v) is 25.4. The Morgan fingerprint density at radius 1 is 0.821 bits per heavy atom. The van der Waals surface area contributed by atoms with Gasteiger partial charge in [-0.25, -0.2) is 0 Å². The molecule has 0 saturated carbocycles. The maximum Gasteiger partial charge on any atom is 0.305 e. The highest BCUT2D eigenvalue weighted by Crippen LogP contribution is 2.38. The Morgan fingerprint density at radius 2 is 1.33 bits per heavy atom. The molecule has 0 spiro atoms. The SMILES string of the molecule is CCCC(C)COc1ccc(C(C)(CCC(=O)OCC(O)CC)c2ccc(OCC(C)CC(C)C)cc2)cc1. The van der Waals surface area contributed by atoms with E-state index in [0.29, 0.717) is 43.8 Å². The quantitative estimate of drug-likeness (QED) is 0.194. The highest BCUT2D eigenvalue weighted by Gasteiger charge is 2.30. The molecule has 218 valence electrons. The fourth-order valence-electron chi connectivity index (χ4n) is 4.95. The van der Waals surface area contributed by atoms with Crippen LogP contribution in [-0.2, 0) is 14.9 Å². The summed E-state index contributed by atoms with van der Waals surface area (Å²) in [6.07, 6.45) is 4.21. The van der Waals surface area contributed by atoms with Crippen LogP contribution in [0.5, 0.6) is 11.5 Å². The molecule has 0 aliphatic rings. The summed E-state index contributed by atoms with van der Waals surface area (Å²) in [5, 5.41) is 9.77. The highest BCUT2D eigenvalue weighted by atomic mass is 16.5. The number of rotatable bonds is 18. The molecule has 0 aliphatic heterocycles. The minimum Gasteiger partial charge on any atom is -0.493 e. The van der Waals surface area contributed by atoms with E-state index in [1.165, 1.54) is 0 Å². The monoisotopic (exact) mass is 540 g/mol. The van der Waals surface area contributed by atoms with Crippen molar-refractivity contribution >= 4 is 5.97 Å². The number of esters is 1. The van der Waals surface area contributed by atoms with E-state index in [0.717, 1.165) is 41.9 Å². The van der Waals surface area contributed by atoms with E-state index < -0.39 is 11.5 Å². The van der Waals surface area contributed by atoms with Gasteiger partial charge < -0.3 is 19.3 Å². The van der Waals surface area contributed by atoms with Crippen LogP contribution >= 0.6 is 0 Å². The maximum absolute atomic E-state index is 12.5. The lowest BCUT2D eigenvalue weighted by atomic mass is 9.73. The zero-order chi connectivity index (χ0) is 28.8. The normalized spacial score (nSPS) is 15.3. The standard InChI is InChI=1S/C34H52O5/c1-8-10-26(5)22-37-31-15-11-28(12-16-31)34(7,20-19-33(36)39-24-30(35)9-2)29-13-17-32(18-14-29)38-23-27(6)21-25(3)4/h11-18,25-27,30,35H,8-10,19-24H2,1-7H3. The molecule has 5 nitrogen and oxygen atoms in total. The smallest absolute Gasteiger partial charge is 0.305 e. The summed E-state index contributed by atoms with van der Waals surface area (Å²) in [6.45, 7) is 16.6. The van der Waals surface area contributed by atoms with Gasteiger partial charge >= 0.3 is 5.97 Å². The lowest BCUT2D eigenvalue weighted by Gasteiger charge is -2.31. The van der Waals surface area contributed by atoms with Crippen LogP contribution in [0, 0.1) is 17.8 Å². The van der Waals surface area contributed by atoms with Gasteiger partial charge in [0, 0.05) is 11.8 Å². The number of hydrogen-bond acceptors (Lipinski definition) is 5. The van der Waals surface area contributed by atoms with E-state index in [-0.39, 0.29) is 19.0 Å². The summed E-state index contributed by atoms with van der Waals surface area (Å²) >= 11 is 0. The second kappa shape index (κ2) is 16.5. The maximum atomic E-state index is 12.5. The first-order chi connectivity index (χ1) is 18.6. The Balaban J connectivity index is 2.19. The third kappa shape index (κ3) is 11.2. The van der Waals surface area contributed by atoms with Gasteiger partial charge in [-0.15, -0.1) is 0 Å². The van der Waals surface area contributed by atoms with Gasteiger partial charge in [0.15, 0.2) is 0 Å². The summed E-state index contributed by atoms with van der Waals surface area (Å²) in [5.74, 6) is 3.09. The van der Waals surface area contributed by atoms with Crippen LogP contribution in [0.3, 0.4) is 0 Å². The molecular weight excluding hydrogens is 488 g/mol. The van der Waals surface area contributed by atoms with E-state index in [9.17, 15) is 9.90 Å². The summed E-state index contributed by atoms with van der Waals surface area (Å²) in [5.41, 5.74) is 1.80. The first-order valence-electron chi connectivity index (χ1n) is 14.9. The van der Waals surface area contributed by atoms with Crippen molar-refractivity contribution in [3.63, 3.8) is 0 Å². The van der Waals surface area contributed by atoms with Crippen molar-refractivity contribution in [3.05, 3.63) is 59.7 Å². The molecule has 0 bridgehead atoms. The lowest BCUT2D eigenvalue weighted by Crippen LogP contribution is -2.26. The van der Waals surface area contributed by atoms with Crippen molar-refractivity contribution in [3.8, 4) is 11.5 Å². The first-order valence-corrected chi connectivity index (χ1v) is 14.9. The summed E-state index contributed by atoms with van der Waals surface area (Å²) in [6, 6.07) is 16.5. The van der Waals surface area contributed by atoms with E-state index in [2.05, 4.69) is 65.8 Å². The molecule has 0 aliphatic carbocycles. The Bertz CT molecular complexity index is 953. The van der Waals surface area contributed by atoms with E-state index in [1.807, 2.05) is 31.2 Å². The van der Waals surface area contributed by atoms with Crippen LogP contribution in [0.15, 0.2) is 48.5 Å². The number of hydrogen-bond donors (Lipinski definition) is 1. The minimum atomic E-state index is -0.622. The second-order valence-corrected chi connectivity index (χ2v) is 11.9. The van der Waals surface area contributed by atoms with Crippen molar-refractivity contribution < 1.29 is 24.1 Å². The average Bonchev–Trinajstić information content (AvgIpc) is 2.92. The molecule has 5 heteroatoms. The molecule has 1 N–H and O–H groups in total. The summed E-state index contributed by atoms with van der Waals surface area (Å²) in [7, 11) is 0. The van der Waals surface area contributed by atoms with Crippen molar-refractivity contribution in [1.29, 1.82) is 0 Å². The molecule has 0 fully saturated rings. The first kappa shape index (κ1) is 32.7. The van der Waals surface area contributed by atoms with Crippen molar-refractivity contribution in [2.24, 2.45) is 17.8 Å². The lowest BCUT2D eigenvalue weighted by molar-refractivity contribution is -0.147. The van der Waals surface area contributed by atoms with Crippen LogP contribution in [0.25, 0.3) is 0 Å². The van der Waals surface area contributed by atoms with Crippen LogP contribution in [0.4, 0.5) is 0 Å².